The summed E-state index contributed by atoms with van der Waals surface area (Å²) in [5, 5.41) is 9.94. The number of fused-ring (bicyclic) bond motifs is 1. The predicted octanol–water partition coefficient (Wildman–Crippen LogP) is 3.45. The first-order valence-corrected chi connectivity index (χ1v) is 7.02. The van der Waals surface area contributed by atoms with Gasteiger partial charge >= 0.3 is 0 Å². The SMILES string of the molecule is N#Cc1c(-c2cccc(Cl)c2)c2c([nH]c1=O)CCCC2. The lowest BCUT2D eigenvalue weighted by Gasteiger charge is -2.20. The lowest BCUT2D eigenvalue weighted by Crippen LogP contribution is -2.20. The van der Waals surface area contributed by atoms with Crippen molar-refractivity contribution in [3.8, 4) is 17.2 Å². The highest BCUT2D eigenvalue weighted by molar-refractivity contribution is 6.30. The lowest BCUT2D eigenvalue weighted by atomic mass is 9.87. The number of aromatic nitrogens is 1. The Morgan fingerprint density at radius 2 is 2.05 bits per heavy atom. The van der Waals surface area contributed by atoms with Gasteiger partial charge in [-0.1, -0.05) is 23.7 Å². The van der Waals surface area contributed by atoms with Gasteiger partial charge in [0.2, 0.25) is 0 Å². The Hall–Kier alpha value is -2.05. The third-order valence-corrected chi connectivity index (χ3v) is 3.97. The molecule has 0 amide bonds. The molecule has 0 saturated heterocycles. The molecule has 0 saturated carbocycles. The minimum atomic E-state index is -0.303. The Balaban J connectivity index is 2.35. The average Bonchev–Trinajstić information content (AvgIpc) is 2.45. The molecule has 0 bridgehead atoms. The van der Waals surface area contributed by atoms with E-state index in [0.29, 0.717) is 5.02 Å². The van der Waals surface area contributed by atoms with Crippen LogP contribution in [0.2, 0.25) is 5.02 Å². The second-order valence-corrected chi connectivity index (χ2v) is 5.43. The summed E-state index contributed by atoms with van der Waals surface area (Å²) in [5.41, 5.74) is 3.55. The van der Waals surface area contributed by atoms with E-state index in [0.717, 1.165) is 48.1 Å². The molecule has 1 aliphatic rings. The van der Waals surface area contributed by atoms with Crippen LogP contribution in [0.5, 0.6) is 0 Å². The van der Waals surface area contributed by atoms with Crippen LogP contribution in [0, 0.1) is 11.3 Å². The summed E-state index contributed by atoms with van der Waals surface area (Å²) in [6, 6.07) is 9.39. The Morgan fingerprint density at radius 1 is 1.25 bits per heavy atom. The molecule has 1 aromatic carbocycles. The highest BCUT2D eigenvalue weighted by Gasteiger charge is 2.21. The van der Waals surface area contributed by atoms with Crippen molar-refractivity contribution in [3.05, 3.63) is 56.5 Å². The van der Waals surface area contributed by atoms with Crippen LogP contribution in [0.25, 0.3) is 11.1 Å². The van der Waals surface area contributed by atoms with E-state index in [2.05, 4.69) is 4.98 Å². The zero-order valence-corrected chi connectivity index (χ0v) is 11.6. The summed E-state index contributed by atoms with van der Waals surface area (Å²) in [7, 11) is 0. The van der Waals surface area contributed by atoms with Gasteiger partial charge in [-0.2, -0.15) is 5.26 Å². The number of hydrogen-bond acceptors (Lipinski definition) is 2. The van der Waals surface area contributed by atoms with Crippen LogP contribution in [-0.2, 0) is 12.8 Å². The number of pyridine rings is 1. The number of nitrogens with zero attached hydrogens (tertiary/aromatic N) is 1. The van der Waals surface area contributed by atoms with Crippen molar-refractivity contribution < 1.29 is 0 Å². The van der Waals surface area contributed by atoms with Crippen LogP contribution in [0.15, 0.2) is 29.1 Å². The van der Waals surface area contributed by atoms with Gasteiger partial charge in [0, 0.05) is 16.3 Å². The molecule has 0 atom stereocenters. The molecule has 20 heavy (non-hydrogen) atoms. The zero-order chi connectivity index (χ0) is 14.1. The fraction of sp³-hybridized carbons (Fsp3) is 0.250. The van der Waals surface area contributed by atoms with Crippen LogP contribution >= 0.6 is 11.6 Å². The van der Waals surface area contributed by atoms with Crippen molar-refractivity contribution in [2.75, 3.05) is 0 Å². The summed E-state index contributed by atoms with van der Waals surface area (Å²) in [4.78, 5) is 15.0. The van der Waals surface area contributed by atoms with Crippen molar-refractivity contribution in [1.29, 1.82) is 5.26 Å². The Kier molecular flexibility index (Phi) is 3.33. The quantitative estimate of drug-likeness (QED) is 0.872. The first-order chi connectivity index (χ1) is 9.70. The summed E-state index contributed by atoms with van der Waals surface area (Å²) < 4.78 is 0. The van der Waals surface area contributed by atoms with Gasteiger partial charge < -0.3 is 4.98 Å². The molecule has 3 rings (SSSR count). The molecular formula is C16H13ClN2O. The third-order valence-electron chi connectivity index (χ3n) is 3.74. The predicted molar refractivity (Wildman–Crippen MR) is 78.9 cm³/mol. The highest BCUT2D eigenvalue weighted by atomic mass is 35.5. The van der Waals surface area contributed by atoms with E-state index in [4.69, 9.17) is 11.6 Å². The van der Waals surface area contributed by atoms with Crippen LogP contribution in [-0.4, -0.2) is 4.98 Å². The summed E-state index contributed by atoms with van der Waals surface area (Å²) in [6.45, 7) is 0. The Labute approximate surface area is 121 Å². The van der Waals surface area contributed by atoms with Crippen molar-refractivity contribution in [3.63, 3.8) is 0 Å². The van der Waals surface area contributed by atoms with Gasteiger partial charge in [0.25, 0.3) is 5.56 Å². The first-order valence-electron chi connectivity index (χ1n) is 6.65. The second kappa shape index (κ2) is 5.15. The maximum Gasteiger partial charge on any atom is 0.266 e. The first kappa shape index (κ1) is 13.0. The van der Waals surface area contributed by atoms with Gasteiger partial charge in [-0.15, -0.1) is 0 Å². The van der Waals surface area contributed by atoms with Gasteiger partial charge in [-0.3, -0.25) is 4.79 Å². The highest BCUT2D eigenvalue weighted by Crippen LogP contribution is 2.32. The Morgan fingerprint density at radius 3 is 2.80 bits per heavy atom. The van der Waals surface area contributed by atoms with Gasteiger partial charge in [0.05, 0.1) is 0 Å². The Bertz CT molecular complexity index is 771. The van der Waals surface area contributed by atoms with Crippen molar-refractivity contribution in [2.45, 2.75) is 25.7 Å². The number of aryl methyl sites for hydroxylation is 1. The van der Waals surface area contributed by atoms with Gasteiger partial charge in [0.1, 0.15) is 11.6 Å². The maximum absolute atomic E-state index is 12.1. The van der Waals surface area contributed by atoms with E-state index in [1.54, 1.807) is 6.07 Å². The molecule has 1 aromatic heterocycles. The zero-order valence-electron chi connectivity index (χ0n) is 10.9. The topological polar surface area (TPSA) is 56.6 Å². The minimum Gasteiger partial charge on any atom is -0.325 e. The molecule has 100 valence electrons. The third kappa shape index (κ3) is 2.13. The summed E-state index contributed by atoms with van der Waals surface area (Å²) >= 11 is 6.04. The number of aromatic amines is 1. The molecular weight excluding hydrogens is 272 g/mol. The molecule has 2 aromatic rings. The largest absolute Gasteiger partial charge is 0.325 e. The monoisotopic (exact) mass is 284 g/mol. The van der Waals surface area contributed by atoms with Crippen LogP contribution in [0.1, 0.15) is 29.7 Å². The molecule has 0 fully saturated rings. The molecule has 0 aliphatic heterocycles. The summed E-state index contributed by atoms with van der Waals surface area (Å²) in [6.07, 6.45) is 3.91. The van der Waals surface area contributed by atoms with Crippen molar-refractivity contribution in [1.82, 2.24) is 4.98 Å². The van der Waals surface area contributed by atoms with E-state index in [9.17, 15) is 10.1 Å². The lowest BCUT2D eigenvalue weighted by molar-refractivity contribution is 0.666. The smallest absolute Gasteiger partial charge is 0.266 e. The van der Waals surface area contributed by atoms with Crippen LogP contribution in [0.4, 0.5) is 0 Å². The molecule has 0 unspecified atom stereocenters. The maximum atomic E-state index is 12.1. The van der Waals surface area contributed by atoms with Gasteiger partial charge in [-0.25, -0.2) is 0 Å². The van der Waals surface area contributed by atoms with E-state index < -0.39 is 0 Å². The number of hydrogen-bond donors (Lipinski definition) is 1. The summed E-state index contributed by atoms with van der Waals surface area (Å²) in [5.74, 6) is 0. The number of halogens is 1. The fourth-order valence-electron chi connectivity index (χ4n) is 2.85. The molecule has 1 heterocycles. The van der Waals surface area contributed by atoms with Crippen molar-refractivity contribution in [2.24, 2.45) is 0 Å². The number of rotatable bonds is 1. The molecule has 3 nitrogen and oxygen atoms in total. The molecule has 1 aliphatic carbocycles. The van der Waals surface area contributed by atoms with E-state index in [-0.39, 0.29) is 11.1 Å². The van der Waals surface area contributed by atoms with Gasteiger partial charge in [-0.05, 0) is 48.9 Å². The number of H-pyrrole nitrogens is 1. The molecule has 4 heteroatoms. The fourth-order valence-corrected chi connectivity index (χ4v) is 3.04. The van der Waals surface area contributed by atoms with E-state index >= 15 is 0 Å². The average molecular weight is 285 g/mol. The number of nitriles is 1. The van der Waals surface area contributed by atoms with Crippen LogP contribution in [0.3, 0.4) is 0 Å². The van der Waals surface area contributed by atoms with E-state index in [1.807, 2.05) is 24.3 Å². The van der Waals surface area contributed by atoms with E-state index in [1.165, 1.54) is 0 Å². The van der Waals surface area contributed by atoms with Gasteiger partial charge in [0.15, 0.2) is 0 Å². The normalized spacial score (nSPS) is 13.6. The van der Waals surface area contributed by atoms with Crippen molar-refractivity contribution >= 4 is 11.6 Å². The molecule has 0 spiro atoms. The minimum absolute atomic E-state index is 0.188. The standard InChI is InChI=1S/C16H13ClN2O/c17-11-5-3-4-10(8-11)15-12-6-1-2-7-14(12)19-16(20)13(15)9-18/h3-5,8H,1-2,6-7H2,(H,19,20). The second-order valence-electron chi connectivity index (χ2n) is 4.99. The molecule has 1 N–H and O–H groups in total. The number of nitrogens with one attached hydrogen (secondary N) is 1. The number of benzene rings is 1. The van der Waals surface area contributed by atoms with Crippen LogP contribution < -0.4 is 5.56 Å². The molecule has 0 radical (unpaired) electrons.